The summed E-state index contributed by atoms with van der Waals surface area (Å²) in [6.07, 6.45) is -5.08. The number of ether oxygens (including phenoxy) is 1. The van der Waals surface area contributed by atoms with E-state index in [2.05, 4.69) is 20.0 Å². The number of alkyl halides is 3. The first-order valence-corrected chi connectivity index (χ1v) is 8.90. The molecule has 0 unspecified atom stereocenters. The molecular formula is C19H17F3N6O3. The monoisotopic (exact) mass is 434 g/mol. The summed E-state index contributed by atoms with van der Waals surface area (Å²) < 4.78 is 45.5. The number of hydrogen-bond acceptors (Lipinski definition) is 7. The third-order valence-corrected chi connectivity index (χ3v) is 4.71. The van der Waals surface area contributed by atoms with E-state index in [0.29, 0.717) is 0 Å². The molecule has 162 valence electrons. The van der Waals surface area contributed by atoms with Crippen LogP contribution >= 0.6 is 0 Å². The summed E-state index contributed by atoms with van der Waals surface area (Å²) in [6, 6.07) is 5.19. The quantitative estimate of drug-likeness (QED) is 0.756. The van der Waals surface area contributed by atoms with Crippen molar-refractivity contribution in [1.29, 1.82) is 5.26 Å². The second-order valence-electron chi connectivity index (χ2n) is 7.13. The fraction of sp³-hybridized carbons (Fsp3) is 0.316. The molecule has 3 N–H and O–H groups in total. The number of amidine groups is 1. The fourth-order valence-electron chi connectivity index (χ4n) is 3.17. The van der Waals surface area contributed by atoms with Gasteiger partial charge in [0.1, 0.15) is 11.8 Å². The van der Waals surface area contributed by atoms with E-state index in [1.165, 1.54) is 44.6 Å². The molecule has 2 atom stereocenters. The standard InChI is InChI=1S/C19H17F3N6O3/c1-18(6-14(19(20,21)22)31-17(24)27-18)12-5-11(9-28(2)16(12)30)26-15(29)13-4-3-10(7-23)8-25-13/h3-5,8-9,14H,6H2,1-2H3,(H2,24,27)(H,26,29)/t14-,18+/m0/s1. The first-order valence-electron chi connectivity index (χ1n) is 8.90. The van der Waals surface area contributed by atoms with E-state index in [0.717, 1.165) is 4.57 Å². The Morgan fingerprint density at radius 1 is 1.45 bits per heavy atom. The van der Waals surface area contributed by atoms with E-state index < -0.39 is 41.7 Å². The Kier molecular flexibility index (Phi) is 5.45. The van der Waals surface area contributed by atoms with Gasteiger partial charge < -0.3 is 20.4 Å². The van der Waals surface area contributed by atoms with Gasteiger partial charge >= 0.3 is 6.18 Å². The van der Waals surface area contributed by atoms with Crippen LogP contribution in [0.15, 0.2) is 40.4 Å². The van der Waals surface area contributed by atoms with Gasteiger partial charge in [0.05, 0.1) is 16.8 Å². The number of rotatable bonds is 3. The van der Waals surface area contributed by atoms with Gasteiger partial charge in [0.2, 0.25) is 0 Å². The summed E-state index contributed by atoms with van der Waals surface area (Å²) in [6.45, 7) is 1.34. The number of hydrogen-bond donors (Lipinski definition) is 2. The minimum atomic E-state index is -4.71. The molecule has 0 spiro atoms. The Labute approximate surface area is 174 Å². The number of aromatic nitrogens is 2. The molecule has 12 heteroatoms. The van der Waals surface area contributed by atoms with Crippen molar-refractivity contribution < 1.29 is 22.7 Å². The number of aliphatic imine (C=N–C) groups is 1. The lowest BCUT2D eigenvalue weighted by Gasteiger charge is -2.35. The van der Waals surface area contributed by atoms with E-state index in [-0.39, 0.29) is 22.5 Å². The van der Waals surface area contributed by atoms with Gasteiger partial charge in [-0.3, -0.25) is 9.59 Å². The van der Waals surface area contributed by atoms with E-state index in [4.69, 9.17) is 11.0 Å². The highest BCUT2D eigenvalue weighted by Gasteiger charge is 2.50. The van der Waals surface area contributed by atoms with Crippen LogP contribution in [0, 0.1) is 11.3 Å². The van der Waals surface area contributed by atoms with Crippen LogP contribution in [-0.4, -0.2) is 33.8 Å². The molecule has 1 aliphatic heterocycles. The molecule has 31 heavy (non-hydrogen) atoms. The highest BCUT2D eigenvalue weighted by molar-refractivity contribution is 6.02. The van der Waals surface area contributed by atoms with Crippen molar-refractivity contribution in [2.45, 2.75) is 31.2 Å². The van der Waals surface area contributed by atoms with Crippen LogP contribution in [-0.2, 0) is 17.3 Å². The maximum absolute atomic E-state index is 13.2. The summed E-state index contributed by atoms with van der Waals surface area (Å²) in [7, 11) is 1.39. The molecule has 0 fully saturated rings. The normalized spacial score (nSPS) is 20.9. The highest BCUT2D eigenvalue weighted by Crippen LogP contribution is 2.39. The lowest BCUT2D eigenvalue weighted by atomic mass is 9.86. The summed E-state index contributed by atoms with van der Waals surface area (Å²) in [4.78, 5) is 33.0. The molecule has 1 amide bonds. The lowest BCUT2D eigenvalue weighted by Crippen LogP contribution is -2.47. The average molecular weight is 434 g/mol. The second-order valence-corrected chi connectivity index (χ2v) is 7.13. The van der Waals surface area contributed by atoms with Crippen LogP contribution in [0.2, 0.25) is 0 Å². The van der Waals surface area contributed by atoms with Crippen LogP contribution in [0.5, 0.6) is 0 Å². The summed E-state index contributed by atoms with van der Waals surface area (Å²) in [5, 5.41) is 11.3. The minimum absolute atomic E-state index is 0.00563. The molecule has 0 aromatic carbocycles. The maximum Gasteiger partial charge on any atom is 0.425 e. The smallest absolute Gasteiger partial charge is 0.425 e. The SMILES string of the molecule is Cn1cc(NC(=O)c2ccc(C#N)cn2)cc([C@@]2(C)C[C@@H](C(F)(F)F)OC(N)=N2)c1=O. The lowest BCUT2D eigenvalue weighted by molar-refractivity contribution is -0.208. The van der Waals surface area contributed by atoms with Crippen LogP contribution in [0.3, 0.4) is 0 Å². The summed E-state index contributed by atoms with van der Waals surface area (Å²) in [5.41, 5.74) is 3.54. The van der Waals surface area contributed by atoms with Gasteiger partial charge in [-0.1, -0.05) is 0 Å². The van der Waals surface area contributed by atoms with Gasteiger partial charge in [-0.25, -0.2) is 9.98 Å². The highest BCUT2D eigenvalue weighted by atomic mass is 19.4. The molecule has 0 bridgehead atoms. The molecule has 0 radical (unpaired) electrons. The van der Waals surface area contributed by atoms with Gasteiger partial charge in [-0.05, 0) is 25.1 Å². The Morgan fingerprint density at radius 3 is 2.74 bits per heavy atom. The van der Waals surface area contributed by atoms with Crippen molar-refractivity contribution in [1.82, 2.24) is 9.55 Å². The Morgan fingerprint density at radius 2 is 2.16 bits per heavy atom. The van der Waals surface area contributed by atoms with Crippen LogP contribution in [0.25, 0.3) is 0 Å². The molecule has 1 aliphatic rings. The molecule has 3 rings (SSSR count). The van der Waals surface area contributed by atoms with Gasteiger partial charge in [0.25, 0.3) is 17.5 Å². The van der Waals surface area contributed by atoms with Crippen molar-refractivity contribution in [3.8, 4) is 6.07 Å². The van der Waals surface area contributed by atoms with Gasteiger partial charge in [0.15, 0.2) is 6.10 Å². The Hall–Kier alpha value is -3.88. The number of nitrogens with two attached hydrogens (primary N) is 1. The zero-order valence-corrected chi connectivity index (χ0v) is 16.4. The van der Waals surface area contributed by atoms with Crippen molar-refractivity contribution in [3.05, 3.63) is 57.8 Å². The minimum Gasteiger partial charge on any atom is -0.452 e. The zero-order chi connectivity index (χ0) is 23.0. The molecule has 3 heterocycles. The number of carbonyl (C=O) groups excluding carboxylic acids is 1. The van der Waals surface area contributed by atoms with E-state index in [1.54, 1.807) is 0 Å². The third-order valence-electron chi connectivity index (χ3n) is 4.71. The van der Waals surface area contributed by atoms with E-state index in [9.17, 15) is 22.8 Å². The molecule has 0 saturated heterocycles. The molecular weight excluding hydrogens is 417 g/mol. The summed E-state index contributed by atoms with van der Waals surface area (Å²) in [5.74, 6) is -0.637. The van der Waals surface area contributed by atoms with Gasteiger partial charge in [-0.15, -0.1) is 0 Å². The zero-order valence-electron chi connectivity index (χ0n) is 16.4. The third kappa shape index (κ3) is 4.50. The number of nitriles is 1. The Bertz CT molecular complexity index is 1150. The largest absolute Gasteiger partial charge is 0.452 e. The Balaban J connectivity index is 1.97. The van der Waals surface area contributed by atoms with Crippen molar-refractivity contribution in [2.24, 2.45) is 17.8 Å². The van der Waals surface area contributed by atoms with Gasteiger partial charge in [0, 0.05) is 31.4 Å². The number of pyridine rings is 2. The van der Waals surface area contributed by atoms with Crippen molar-refractivity contribution >= 4 is 17.6 Å². The van der Waals surface area contributed by atoms with Gasteiger partial charge in [-0.2, -0.15) is 18.4 Å². The number of anilines is 1. The van der Waals surface area contributed by atoms with Crippen molar-refractivity contribution in [3.63, 3.8) is 0 Å². The molecule has 2 aromatic heterocycles. The molecule has 2 aromatic rings. The molecule has 9 nitrogen and oxygen atoms in total. The van der Waals surface area contributed by atoms with Crippen LogP contribution in [0.4, 0.5) is 18.9 Å². The van der Waals surface area contributed by atoms with Crippen molar-refractivity contribution in [2.75, 3.05) is 5.32 Å². The first kappa shape index (κ1) is 21.8. The predicted octanol–water partition coefficient (Wildman–Crippen LogP) is 1.79. The topological polar surface area (TPSA) is 135 Å². The first-order chi connectivity index (χ1) is 14.4. The van der Waals surface area contributed by atoms with Crippen LogP contribution < -0.4 is 16.6 Å². The number of amides is 1. The predicted molar refractivity (Wildman–Crippen MR) is 103 cm³/mol. The van der Waals surface area contributed by atoms with Crippen LogP contribution in [0.1, 0.15) is 35.0 Å². The number of aryl methyl sites for hydroxylation is 1. The van der Waals surface area contributed by atoms with E-state index in [1.807, 2.05) is 6.07 Å². The average Bonchev–Trinajstić information content (AvgIpc) is 2.69. The van der Waals surface area contributed by atoms with E-state index >= 15 is 0 Å². The number of carbonyl (C=O) groups is 1. The fourth-order valence-corrected chi connectivity index (χ4v) is 3.17. The summed E-state index contributed by atoms with van der Waals surface area (Å²) >= 11 is 0. The second kappa shape index (κ2) is 7.75. The molecule has 0 saturated carbocycles. The maximum atomic E-state index is 13.2. The number of nitrogens with zero attached hydrogens (tertiary/aromatic N) is 4. The number of halogens is 3. The molecule has 0 aliphatic carbocycles. The number of nitrogens with one attached hydrogen (secondary N) is 1.